The van der Waals surface area contributed by atoms with Gasteiger partial charge in [0.25, 0.3) is 0 Å². The zero-order chi connectivity index (χ0) is 14.2. The van der Waals surface area contributed by atoms with Gasteiger partial charge in [-0.2, -0.15) is 4.31 Å². The molecule has 19 heavy (non-hydrogen) atoms. The monoisotopic (exact) mass is 349 g/mol. The molecule has 0 saturated carbocycles. The molecule has 1 saturated heterocycles. The molecule has 0 unspecified atom stereocenters. The molecule has 0 aliphatic carbocycles. The number of rotatable bonds is 3. The summed E-state index contributed by atoms with van der Waals surface area (Å²) in [6.07, 6.45) is -1.05. The molecule has 1 heterocycles. The van der Waals surface area contributed by atoms with E-state index in [1.807, 2.05) is 0 Å². The van der Waals surface area contributed by atoms with E-state index in [0.29, 0.717) is 4.47 Å². The highest BCUT2D eigenvalue weighted by Gasteiger charge is 2.43. The van der Waals surface area contributed by atoms with Gasteiger partial charge in [0.15, 0.2) is 0 Å². The van der Waals surface area contributed by atoms with Gasteiger partial charge in [-0.15, -0.1) is 0 Å². The predicted octanol–water partition coefficient (Wildman–Crippen LogP) is 0.658. The minimum absolute atomic E-state index is 0.00206. The number of β-amino-alcohol motifs (C(OH)–C–C–N with tert-alkyl or cyclic N) is 1. The molecular formula is C11H12BrNO5S. The lowest BCUT2D eigenvalue weighted by molar-refractivity contribution is -0.140. The number of hydrogen-bond donors (Lipinski definition) is 2. The topological polar surface area (TPSA) is 94.9 Å². The number of carboxylic acids is 1. The number of sulfonamides is 1. The maximum atomic E-state index is 12.4. The number of aliphatic hydroxyl groups is 1. The second kappa shape index (κ2) is 5.20. The van der Waals surface area contributed by atoms with Crippen molar-refractivity contribution in [3.63, 3.8) is 0 Å². The van der Waals surface area contributed by atoms with E-state index in [4.69, 9.17) is 5.11 Å². The summed E-state index contributed by atoms with van der Waals surface area (Å²) >= 11 is 3.17. The van der Waals surface area contributed by atoms with Gasteiger partial charge in [-0.25, -0.2) is 8.42 Å². The van der Waals surface area contributed by atoms with Crippen LogP contribution in [0.5, 0.6) is 0 Å². The fraction of sp³-hybridized carbons (Fsp3) is 0.364. The van der Waals surface area contributed by atoms with Crippen LogP contribution in [0.3, 0.4) is 0 Å². The third-order valence-corrected chi connectivity index (χ3v) is 5.29. The standard InChI is InChI=1S/C11H12BrNO5S/c12-7-2-1-3-9(4-7)19(17,18)13-6-8(14)5-10(13)11(15)16/h1-4,8,10,14H,5-6H2,(H,15,16)/t8-,10-/m0/s1. The minimum atomic E-state index is -3.93. The lowest BCUT2D eigenvalue weighted by Gasteiger charge is -2.20. The number of benzene rings is 1. The van der Waals surface area contributed by atoms with Crippen LogP contribution in [0.1, 0.15) is 6.42 Å². The van der Waals surface area contributed by atoms with Crippen molar-refractivity contribution < 1.29 is 23.4 Å². The average Bonchev–Trinajstić information content (AvgIpc) is 2.72. The molecule has 0 spiro atoms. The van der Waals surface area contributed by atoms with E-state index in [2.05, 4.69) is 15.9 Å². The maximum absolute atomic E-state index is 12.4. The van der Waals surface area contributed by atoms with E-state index in [9.17, 15) is 18.3 Å². The quantitative estimate of drug-likeness (QED) is 0.835. The van der Waals surface area contributed by atoms with Gasteiger partial charge in [0.05, 0.1) is 11.0 Å². The van der Waals surface area contributed by atoms with Crippen LogP contribution in [0.15, 0.2) is 33.6 Å². The molecule has 104 valence electrons. The second-order valence-electron chi connectivity index (χ2n) is 4.28. The Morgan fingerprint density at radius 2 is 2.11 bits per heavy atom. The summed E-state index contributed by atoms with van der Waals surface area (Å²) in [5.74, 6) is -1.25. The van der Waals surface area contributed by atoms with Crippen LogP contribution in [0.2, 0.25) is 0 Å². The van der Waals surface area contributed by atoms with Crippen LogP contribution >= 0.6 is 15.9 Å². The summed E-state index contributed by atoms with van der Waals surface area (Å²) in [6, 6.07) is 4.80. The van der Waals surface area contributed by atoms with E-state index in [1.165, 1.54) is 12.1 Å². The van der Waals surface area contributed by atoms with E-state index >= 15 is 0 Å². The van der Waals surface area contributed by atoms with Gasteiger partial charge in [0.1, 0.15) is 6.04 Å². The first kappa shape index (κ1) is 14.4. The molecular weight excluding hydrogens is 338 g/mol. The van der Waals surface area contributed by atoms with Crippen molar-refractivity contribution in [1.82, 2.24) is 4.31 Å². The first-order chi connectivity index (χ1) is 8.82. The molecule has 1 aliphatic heterocycles. The molecule has 1 aromatic carbocycles. The number of carboxylic acid groups (broad SMARTS) is 1. The molecule has 1 aliphatic rings. The van der Waals surface area contributed by atoms with Gasteiger partial charge in [0, 0.05) is 17.4 Å². The number of carbonyl (C=O) groups is 1. The van der Waals surface area contributed by atoms with E-state index in [-0.39, 0.29) is 17.9 Å². The van der Waals surface area contributed by atoms with Crippen molar-refractivity contribution >= 4 is 31.9 Å². The third-order valence-electron chi connectivity index (χ3n) is 2.92. The number of hydrogen-bond acceptors (Lipinski definition) is 4. The molecule has 1 fully saturated rings. The third kappa shape index (κ3) is 2.81. The Balaban J connectivity index is 2.41. The number of nitrogens with zero attached hydrogens (tertiary/aromatic N) is 1. The zero-order valence-corrected chi connectivity index (χ0v) is 12.1. The number of aliphatic hydroxyl groups excluding tert-OH is 1. The van der Waals surface area contributed by atoms with Crippen LogP contribution in [-0.4, -0.2) is 47.6 Å². The van der Waals surface area contributed by atoms with Crippen molar-refractivity contribution in [2.24, 2.45) is 0 Å². The molecule has 8 heteroatoms. The van der Waals surface area contributed by atoms with Crippen molar-refractivity contribution in [2.75, 3.05) is 6.54 Å². The highest BCUT2D eigenvalue weighted by molar-refractivity contribution is 9.10. The fourth-order valence-corrected chi connectivity index (χ4v) is 4.26. The molecule has 0 radical (unpaired) electrons. The Kier molecular flexibility index (Phi) is 3.95. The second-order valence-corrected chi connectivity index (χ2v) is 7.08. The molecule has 0 bridgehead atoms. The predicted molar refractivity (Wildman–Crippen MR) is 70.1 cm³/mol. The van der Waals surface area contributed by atoms with E-state index in [1.54, 1.807) is 12.1 Å². The largest absolute Gasteiger partial charge is 0.480 e. The summed E-state index contributed by atoms with van der Waals surface area (Å²) in [5, 5.41) is 18.5. The highest BCUT2D eigenvalue weighted by Crippen LogP contribution is 2.27. The van der Waals surface area contributed by atoms with Crippen LogP contribution in [-0.2, 0) is 14.8 Å². The molecule has 0 aromatic heterocycles. The van der Waals surface area contributed by atoms with Gasteiger partial charge in [0.2, 0.25) is 10.0 Å². The normalized spacial score (nSPS) is 24.5. The zero-order valence-electron chi connectivity index (χ0n) is 9.73. The van der Waals surface area contributed by atoms with Gasteiger partial charge in [-0.1, -0.05) is 22.0 Å². The number of halogens is 1. The summed E-state index contributed by atoms with van der Waals surface area (Å²) in [5.41, 5.74) is 0. The van der Waals surface area contributed by atoms with E-state index in [0.717, 1.165) is 4.31 Å². The Hall–Kier alpha value is -0.960. The highest BCUT2D eigenvalue weighted by atomic mass is 79.9. The van der Waals surface area contributed by atoms with Crippen molar-refractivity contribution in [3.8, 4) is 0 Å². The molecule has 0 amide bonds. The van der Waals surface area contributed by atoms with Crippen LogP contribution in [0.4, 0.5) is 0 Å². The van der Waals surface area contributed by atoms with Crippen molar-refractivity contribution in [1.29, 1.82) is 0 Å². The molecule has 2 atom stereocenters. The van der Waals surface area contributed by atoms with Crippen LogP contribution < -0.4 is 0 Å². The van der Waals surface area contributed by atoms with Gasteiger partial charge in [-0.3, -0.25) is 4.79 Å². The molecule has 6 nitrogen and oxygen atoms in total. The summed E-state index contributed by atoms with van der Waals surface area (Å²) in [4.78, 5) is 11.1. The van der Waals surface area contributed by atoms with Gasteiger partial charge >= 0.3 is 5.97 Å². The Morgan fingerprint density at radius 3 is 2.68 bits per heavy atom. The molecule has 2 N–H and O–H groups in total. The van der Waals surface area contributed by atoms with Crippen molar-refractivity contribution in [3.05, 3.63) is 28.7 Å². The van der Waals surface area contributed by atoms with Crippen LogP contribution in [0.25, 0.3) is 0 Å². The number of aliphatic carboxylic acids is 1. The minimum Gasteiger partial charge on any atom is -0.480 e. The Labute approximate surface area is 118 Å². The lowest BCUT2D eigenvalue weighted by Crippen LogP contribution is -2.40. The average molecular weight is 350 g/mol. The van der Waals surface area contributed by atoms with Crippen LogP contribution in [0, 0.1) is 0 Å². The van der Waals surface area contributed by atoms with Gasteiger partial charge < -0.3 is 10.2 Å². The Morgan fingerprint density at radius 1 is 1.42 bits per heavy atom. The van der Waals surface area contributed by atoms with Crippen molar-refractivity contribution in [2.45, 2.75) is 23.5 Å². The summed E-state index contributed by atoms with van der Waals surface area (Å²) in [7, 11) is -3.93. The van der Waals surface area contributed by atoms with Gasteiger partial charge in [-0.05, 0) is 18.2 Å². The first-order valence-corrected chi connectivity index (χ1v) is 7.74. The lowest BCUT2D eigenvalue weighted by atomic mass is 10.2. The fourth-order valence-electron chi connectivity index (χ4n) is 2.04. The Bertz CT molecular complexity index is 603. The first-order valence-electron chi connectivity index (χ1n) is 5.50. The summed E-state index contributed by atoms with van der Waals surface area (Å²) < 4.78 is 26.2. The smallest absolute Gasteiger partial charge is 0.322 e. The molecule has 2 rings (SSSR count). The SMILES string of the molecule is O=C(O)[C@@H]1C[C@H](O)CN1S(=O)(=O)c1cccc(Br)c1. The summed E-state index contributed by atoms with van der Waals surface area (Å²) in [6.45, 7) is -0.203. The maximum Gasteiger partial charge on any atom is 0.322 e. The van der Waals surface area contributed by atoms with E-state index < -0.39 is 28.1 Å². The molecule has 1 aromatic rings.